The highest BCUT2D eigenvalue weighted by Gasteiger charge is 2.30. The fourth-order valence-electron chi connectivity index (χ4n) is 2.57. The Kier molecular flexibility index (Phi) is 6.60. The van der Waals surface area contributed by atoms with Crippen LogP contribution in [0.25, 0.3) is 5.69 Å². The van der Waals surface area contributed by atoms with E-state index in [1.165, 1.54) is 13.0 Å². The van der Waals surface area contributed by atoms with Gasteiger partial charge < -0.3 is 10.1 Å². The SMILES string of the molecule is COc1ccc(-n2c(CCNC(C)=O)nnc2Sc2ccc(C(F)(F)F)cn2)cc1. The van der Waals surface area contributed by atoms with Crippen molar-refractivity contribution < 1.29 is 22.7 Å². The first-order valence-corrected chi connectivity index (χ1v) is 9.64. The second kappa shape index (κ2) is 9.16. The second-order valence-electron chi connectivity index (χ2n) is 6.15. The minimum atomic E-state index is -4.45. The van der Waals surface area contributed by atoms with Crippen LogP contribution in [-0.2, 0) is 17.4 Å². The molecule has 0 unspecified atom stereocenters. The van der Waals surface area contributed by atoms with Gasteiger partial charge in [0.1, 0.15) is 16.6 Å². The number of amides is 1. The highest BCUT2D eigenvalue weighted by Crippen LogP contribution is 2.32. The monoisotopic (exact) mass is 437 g/mol. The molecule has 0 fully saturated rings. The van der Waals surface area contributed by atoms with Crippen LogP contribution in [0.2, 0.25) is 0 Å². The van der Waals surface area contributed by atoms with Crippen LogP contribution in [-0.4, -0.2) is 39.3 Å². The van der Waals surface area contributed by atoms with Gasteiger partial charge in [0.2, 0.25) is 11.1 Å². The van der Waals surface area contributed by atoms with E-state index in [9.17, 15) is 18.0 Å². The van der Waals surface area contributed by atoms with Crippen LogP contribution >= 0.6 is 11.8 Å². The number of halogens is 3. The van der Waals surface area contributed by atoms with Gasteiger partial charge in [-0.15, -0.1) is 10.2 Å². The average Bonchev–Trinajstić information content (AvgIpc) is 3.10. The van der Waals surface area contributed by atoms with E-state index < -0.39 is 11.7 Å². The molecular formula is C19H18F3N5O2S. The predicted octanol–water partition coefficient (Wildman–Crippen LogP) is 3.52. The summed E-state index contributed by atoms with van der Waals surface area (Å²) in [5.41, 5.74) is -0.0764. The average molecular weight is 437 g/mol. The molecule has 7 nitrogen and oxygen atoms in total. The van der Waals surface area contributed by atoms with Crippen molar-refractivity contribution in [2.75, 3.05) is 13.7 Å². The number of nitrogens with one attached hydrogen (secondary N) is 1. The maximum Gasteiger partial charge on any atom is 0.417 e. The van der Waals surface area contributed by atoms with Crippen molar-refractivity contribution in [2.45, 2.75) is 29.7 Å². The summed E-state index contributed by atoms with van der Waals surface area (Å²) in [5.74, 6) is 1.10. The molecule has 2 aromatic heterocycles. The zero-order valence-electron chi connectivity index (χ0n) is 16.1. The first-order valence-electron chi connectivity index (χ1n) is 8.82. The van der Waals surface area contributed by atoms with Crippen LogP contribution in [0, 0.1) is 0 Å². The smallest absolute Gasteiger partial charge is 0.417 e. The van der Waals surface area contributed by atoms with E-state index in [1.807, 2.05) is 12.1 Å². The van der Waals surface area contributed by atoms with Gasteiger partial charge in [-0.3, -0.25) is 9.36 Å². The molecule has 2 heterocycles. The zero-order valence-corrected chi connectivity index (χ0v) is 16.9. The molecule has 0 saturated carbocycles. The molecule has 0 radical (unpaired) electrons. The molecule has 0 spiro atoms. The number of pyridine rings is 1. The van der Waals surface area contributed by atoms with Crippen LogP contribution in [0.15, 0.2) is 52.8 Å². The number of ether oxygens (including phenoxy) is 1. The summed E-state index contributed by atoms with van der Waals surface area (Å²) in [6.07, 6.45) is -3.25. The molecule has 0 saturated heterocycles. The van der Waals surface area contributed by atoms with Gasteiger partial charge in [0, 0.05) is 31.8 Å². The second-order valence-corrected chi connectivity index (χ2v) is 7.14. The summed E-state index contributed by atoms with van der Waals surface area (Å²) in [5, 5.41) is 11.8. The summed E-state index contributed by atoms with van der Waals surface area (Å²) < 4.78 is 45.2. The Balaban J connectivity index is 1.90. The summed E-state index contributed by atoms with van der Waals surface area (Å²) in [7, 11) is 1.56. The van der Waals surface area contributed by atoms with E-state index in [4.69, 9.17) is 4.74 Å². The van der Waals surface area contributed by atoms with Crippen molar-refractivity contribution in [3.8, 4) is 11.4 Å². The van der Waals surface area contributed by atoms with Gasteiger partial charge >= 0.3 is 6.18 Å². The number of carbonyl (C=O) groups is 1. The lowest BCUT2D eigenvalue weighted by molar-refractivity contribution is -0.137. The Morgan fingerprint density at radius 2 is 1.90 bits per heavy atom. The Bertz CT molecular complexity index is 1000. The Morgan fingerprint density at radius 3 is 2.47 bits per heavy atom. The molecule has 0 atom stereocenters. The lowest BCUT2D eigenvalue weighted by Crippen LogP contribution is -2.23. The Labute approximate surface area is 174 Å². The number of methoxy groups -OCH3 is 1. The highest BCUT2D eigenvalue weighted by molar-refractivity contribution is 7.99. The fourth-order valence-corrected chi connectivity index (χ4v) is 3.38. The van der Waals surface area contributed by atoms with Crippen molar-refractivity contribution in [3.05, 3.63) is 54.0 Å². The molecule has 1 aromatic carbocycles. The number of hydrogen-bond donors (Lipinski definition) is 1. The number of hydrogen-bond acceptors (Lipinski definition) is 6. The third-order valence-corrected chi connectivity index (χ3v) is 4.91. The van der Waals surface area contributed by atoms with E-state index in [0.717, 1.165) is 29.7 Å². The number of nitrogens with zero attached hydrogens (tertiary/aromatic N) is 4. The molecule has 0 aliphatic heterocycles. The lowest BCUT2D eigenvalue weighted by Gasteiger charge is -2.11. The molecule has 3 aromatic rings. The Hall–Kier alpha value is -3.08. The van der Waals surface area contributed by atoms with Crippen molar-refractivity contribution in [1.82, 2.24) is 25.1 Å². The molecule has 0 aliphatic carbocycles. The number of rotatable bonds is 7. The van der Waals surface area contributed by atoms with E-state index in [1.54, 1.807) is 23.8 Å². The standard InChI is InChI=1S/C19H18F3N5O2S/c1-12(28)23-10-9-16-25-26-18(27(16)14-4-6-15(29-2)7-5-14)30-17-8-3-13(11-24-17)19(20,21)22/h3-8,11H,9-10H2,1-2H3,(H,23,28). The summed E-state index contributed by atoms with van der Waals surface area (Å²) in [6.45, 7) is 1.79. The number of aromatic nitrogens is 4. The first kappa shape index (κ1) is 21.6. The van der Waals surface area contributed by atoms with Crippen LogP contribution in [0.4, 0.5) is 13.2 Å². The largest absolute Gasteiger partial charge is 0.497 e. The first-order chi connectivity index (χ1) is 14.3. The maximum absolute atomic E-state index is 12.8. The quantitative estimate of drug-likeness (QED) is 0.609. The molecule has 3 rings (SSSR count). The van der Waals surface area contributed by atoms with Crippen LogP contribution in [0.1, 0.15) is 18.3 Å². The van der Waals surface area contributed by atoms with E-state index in [2.05, 4.69) is 20.5 Å². The van der Waals surface area contributed by atoms with Crippen LogP contribution < -0.4 is 10.1 Å². The summed E-state index contributed by atoms with van der Waals surface area (Å²) in [4.78, 5) is 15.0. The van der Waals surface area contributed by atoms with Gasteiger partial charge in [-0.05, 0) is 48.2 Å². The normalized spacial score (nSPS) is 11.4. The van der Waals surface area contributed by atoms with Gasteiger partial charge in [-0.25, -0.2) is 4.98 Å². The number of benzene rings is 1. The van der Waals surface area contributed by atoms with Gasteiger partial charge in [-0.2, -0.15) is 13.2 Å². The molecule has 0 bridgehead atoms. The van der Waals surface area contributed by atoms with Gasteiger partial charge in [-0.1, -0.05) is 0 Å². The van der Waals surface area contributed by atoms with E-state index >= 15 is 0 Å². The molecule has 0 aliphatic rings. The Morgan fingerprint density at radius 1 is 1.17 bits per heavy atom. The minimum absolute atomic E-state index is 0.158. The van der Waals surface area contributed by atoms with Crippen molar-refractivity contribution in [3.63, 3.8) is 0 Å². The number of alkyl halides is 3. The minimum Gasteiger partial charge on any atom is -0.497 e. The van der Waals surface area contributed by atoms with E-state index in [0.29, 0.717) is 34.7 Å². The lowest BCUT2D eigenvalue weighted by atomic mass is 10.3. The van der Waals surface area contributed by atoms with Crippen molar-refractivity contribution >= 4 is 17.7 Å². The topological polar surface area (TPSA) is 81.9 Å². The van der Waals surface area contributed by atoms with Crippen molar-refractivity contribution in [2.24, 2.45) is 0 Å². The third-order valence-electron chi connectivity index (χ3n) is 4.01. The van der Waals surface area contributed by atoms with Crippen LogP contribution in [0.3, 0.4) is 0 Å². The van der Waals surface area contributed by atoms with Gasteiger partial charge in [0.05, 0.1) is 12.7 Å². The molecule has 1 amide bonds. The molecular weight excluding hydrogens is 419 g/mol. The third kappa shape index (κ3) is 5.29. The summed E-state index contributed by atoms with van der Waals surface area (Å²) in [6, 6.07) is 9.44. The van der Waals surface area contributed by atoms with Crippen LogP contribution in [0.5, 0.6) is 5.75 Å². The van der Waals surface area contributed by atoms with Gasteiger partial charge in [0.15, 0.2) is 0 Å². The number of carbonyl (C=O) groups excluding carboxylic acids is 1. The van der Waals surface area contributed by atoms with Crippen molar-refractivity contribution in [1.29, 1.82) is 0 Å². The summed E-state index contributed by atoms with van der Waals surface area (Å²) >= 11 is 1.09. The molecule has 30 heavy (non-hydrogen) atoms. The van der Waals surface area contributed by atoms with E-state index in [-0.39, 0.29) is 5.91 Å². The highest BCUT2D eigenvalue weighted by atomic mass is 32.2. The van der Waals surface area contributed by atoms with Gasteiger partial charge in [0.25, 0.3) is 0 Å². The predicted molar refractivity (Wildman–Crippen MR) is 104 cm³/mol. The zero-order chi connectivity index (χ0) is 21.7. The maximum atomic E-state index is 12.8. The molecule has 158 valence electrons. The fraction of sp³-hybridized carbons (Fsp3) is 0.263. The molecule has 11 heteroatoms. The molecule has 1 N–H and O–H groups in total.